The number of hydrogen-bond donors (Lipinski definition) is 2. The van der Waals surface area contributed by atoms with E-state index in [1.54, 1.807) is 0 Å². The minimum absolute atomic E-state index is 0.329. The minimum Gasteiger partial charge on any atom is -0.396 e. The summed E-state index contributed by atoms with van der Waals surface area (Å²) < 4.78 is 0. The van der Waals surface area contributed by atoms with Crippen molar-refractivity contribution in [1.29, 1.82) is 0 Å². The molecular formula is C15H29NOS. The Kier molecular flexibility index (Phi) is 4.66. The number of nitrogens with one attached hydrogen (secondary N) is 1. The molecule has 2 aliphatic rings. The molecule has 2 rings (SSSR count). The van der Waals surface area contributed by atoms with E-state index in [0.29, 0.717) is 23.5 Å². The van der Waals surface area contributed by atoms with Crippen LogP contribution >= 0.6 is 11.8 Å². The smallest absolute Gasteiger partial charge is 0.0438 e. The summed E-state index contributed by atoms with van der Waals surface area (Å²) in [4.78, 5) is 0. The van der Waals surface area contributed by atoms with E-state index < -0.39 is 0 Å². The van der Waals surface area contributed by atoms with E-state index in [-0.39, 0.29) is 0 Å². The largest absolute Gasteiger partial charge is 0.396 e. The molecule has 0 saturated heterocycles. The van der Waals surface area contributed by atoms with Crippen LogP contribution in [0.5, 0.6) is 0 Å². The SMILES string of the molecule is CC1(C)C(NCCSCCCO)[C@]2(C)CC[C@H]1C2. The van der Waals surface area contributed by atoms with Gasteiger partial charge < -0.3 is 10.4 Å². The molecule has 2 saturated carbocycles. The van der Waals surface area contributed by atoms with Crippen molar-refractivity contribution in [1.82, 2.24) is 5.32 Å². The lowest BCUT2D eigenvalue weighted by Crippen LogP contribution is -2.50. The molecule has 0 heterocycles. The molecule has 0 aromatic rings. The van der Waals surface area contributed by atoms with E-state index in [1.165, 1.54) is 25.0 Å². The first kappa shape index (κ1) is 14.7. The molecule has 1 unspecified atom stereocenters. The van der Waals surface area contributed by atoms with Crippen LogP contribution in [-0.2, 0) is 0 Å². The molecule has 0 radical (unpaired) electrons. The molecule has 18 heavy (non-hydrogen) atoms. The second kappa shape index (κ2) is 5.72. The number of hydrogen-bond acceptors (Lipinski definition) is 3. The lowest BCUT2D eigenvalue weighted by atomic mass is 9.68. The molecule has 2 N–H and O–H groups in total. The number of fused-ring (bicyclic) bond motifs is 2. The maximum absolute atomic E-state index is 8.74. The van der Waals surface area contributed by atoms with Crippen LogP contribution in [0.2, 0.25) is 0 Å². The third-order valence-corrected chi connectivity index (χ3v) is 6.38. The van der Waals surface area contributed by atoms with E-state index in [2.05, 4.69) is 26.1 Å². The second-order valence-corrected chi connectivity index (χ2v) is 8.22. The molecular weight excluding hydrogens is 242 g/mol. The average molecular weight is 271 g/mol. The van der Waals surface area contributed by atoms with Gasteiger partial charge in [-0.3, -0.25) is 0 Å². The van der Waals surface area contributed by atoms with Crippen LogP contribution < -0.4 is 5.32 Å². The van der Waals surface area contributed by atoms with Crippen LogP contribution in [0, 0.1) is 16.7 Å². The van der Waals surface area contributed by atoms with Gasteiger partial charge in [0.05, 0.1) is 0 Å². The topological polar surface area (TPSA) is 32.3 Å². The first-order valence-electron chi connectivity index (χ1n) is 7.43. The van der Waals surface area contributed by atoms with Gasteiger partial charge in [0, 0.05) is 24.9 Å². The molecule has 2 aliphatic carbocycles. The predicted octanol–water partition coefficient (Wildman–Crippen LogP) is 2.91. The fourth-order valence-electron chi connectivity index (χ4n) is 4.36. The Morgan fingerprint density at radius 2 is 2.06 bits per heavy atom. The van der Waals surface area contributed by atoms with E-state index in [4.69, 9.17) is 5.11 Å². The van der Waals surface area contributed by atoms with E-state index in [0.717, 1.165) is 24.6 Å². The van der Waals surface area contributed by atoms with Gasteiger partial charge in [-0.05, 0) is 48.2 Å². The van der Waals surface area contributed by atoms with E-state index in [9.17, 15) is 0 Å². The maximum Gasteiger partial charge on any atom is 0.0438 e. The molecule has 0 aromatic heterocycles. The monoisotopic (exact) mass is 271 g/mol. The number of aliphatic hydroxyl groups is 1. The Morgan fingerprint density at radius 1 is 1.28 bits per heavy atom. The molecule has 0 spiro atoms. The Morgan fingerprint density at radius 3 is 2.67 bits per heavy atom. The summed E-state index contributed by atoms with van der Waals surface area (Å²) in [6.07, 6.45) is 5.21. The van der Waals surface area contributed by atoms with Gasteiger partial charge in [-0.1, -0.05) is 20.8 Å². The fraction of sp³-hybridized carbons (Fsp3) is 1.00. The molecule has 2 nitrogen and oxygen atoms in total. The Hall–Kier alpha value is 0.270. The molecule has 3 heteroatoms. The normalized spacial score (nSPS) is 37.3. The molecule has 0 aliphatic heterocycles. The molecule has 106 valence electrons. The van der Waals surface area contributed by atoms with Crippen LogP contribution in [0.15, 0.2) is 0 Å². The summed E-state index contributed by atoms with van der Waals surface area (Å²) >= 11 is 1.96. The molecule has 2 fully saturated rings. The highest BCUT2D eigenvalue weighted by Gasteiger charge is 2.58. The van der Waals surface area contributed by atoms with Crippen LogP contribution in [0.25, 0.3) is 0 Å². The van der Waals surface area contributed by atoms with Crippen molar-refractivity contribution in [2.45, 2.75) is 52.5 Å². The molecule has 3 atom stereocenters. The number of thioether (sulfide) groups is 1. The van der Waals surface area contributed by atoms with Crippen molar-refractivity contribution >= 4 is 11.8 Å². The van der Waals surface area contributed by atoms with Crippen molar-refractivity contribution in [3.63, 3.8) is 0 Å². The Balaban J connectivity index is 1.75. The van der Waals surface area contributed by atoms with Gasteiger partial charge in [0.15, 0.2) is 0 Å². The highest BCUT2D eigenvalue weighted by molar-refractivity contribution is 7.99. The highest BCUT2D eigenvalue weighted by Crippen LogP contribution is 2.62. The first-order valence-corrected chi connectivity index (χ1v) is 8.58. The lowest BCUT2D eigenvalue weighted by molar-refractivity contribution is 0.111. The zero-order chi connectivity index (χ0) is 13.2. The zero-order valence-corrected chi connectivity index (χ0v) is 13.0. The van der Waals surface area contributed by atoms with Gasteiger partial charge in [0.2, 0.25) is 0 Å². The summed E-state index contributed by atoms with van der Waals surface area (Å²) in [5.74, 6) is 3.20. The Bertz CT molecular complexity index is 277. The molecule has 0 aromatic carbocycles. The highest BCUT2D eigenvalue weighted by atomic mass is 32.2. The van der Waals surface area contributed by atoms with Gasteiger partial charge in [-0.2, -0.15) is 11.8 Å². The molecule has 2 bridgehead atoms. The number of rotatable bonds is 7. The van der Waals surface area contributed by atoms with Crippen molar-refractivity contribution in [3.05, 3.63) is 0 Å². The van der Waals surface area contributed by atoms with Gasteiger partial charge >= 0.3 is 0 Å². The fourth-order valence-corrected chi connectivity index (χ4v) is 5.16. The number of aliphatic hydroxyl groups excluding tert-OH is 1. The predicted molar refractivity (Wildman–Crippen MR) is 80.0 cm³/mol. The summed E-state index contributed by atoms with van der Waals surface area (Å²) in [6.45, 7) is 8.85. The van der Waals surface area contributed by atoms with Gasteiger partial charge in [-0.25, -0.2) is 0 Å². The van der Waals surface area contributed by atoms with Gasteiger partial charge in [0.25, 0.3) is 0 Å². The van der Waals surface area contributed by atoms with Gasteiger partial charge in [-0.15, -0.1) is 0 Å². The van der Waals surface area contributed by atoms with Crippen LogP contribution in [0.1, 0.15) is 46.5 Å². The summed E-state index contributed by atoms with van der Waals surface area (Å²) in [6, 6.07) is 0.696. The van der Waals surface area contributed by atoms with Crippen molar-refractivity contribution in [2.24, 2.45) is 16.7 Å². The summed E-state index contributed by atoms with van der Waals surface area (Å²) in [7, 11) is 0. The Labute approximate surface area is 116 Å². The summed E-state index contributed by atoms with van der Waals surface area (Å²) in [5, 5.41) is 12.6. The van der Waals surface area contributed by atoms with E-state index in [1.807, 2.05) is 11.8 Å². The van der Waals surface area contributed by atoms with Crippen LogP contribution in [-0.4, -0.2) is 35.8 Å². The zero-order valence-electron chi connectivity index (χ0n) is 12.2. The van der Waals surface area contributed by atoms with Crippen molar-refractivity contribution in [3.8, 4) is 0 Å². The molecule has 0 amide bonds. The second-order valence-electron chi connectivity index (χ2n) is 6.99. The minimum atomic E-state index is 0.329. The first-order chi connectivity index (χ1) is 8.50. The lowest BCUT2D eigenvalue weighted by Gasteiger charge is -2.43. The quantitative estimate of drug-likeness (QED) is 0.698. The average Bonchev–Trinajstić information content (AvgIpc) is 2.78. The van der Waals surface area contributed by atoms with Crippen LogP contribution in [0.4, 0.5) is 0 Å². The standard InChI is InChI=1S/C15H29NOS/c1-14(2)12-5-6-15(3,11-12)13(14)16-7-10-18-9-4-8-17/h12-13,16-17H,4-11H2,1-3H3/t12-,13?,15+/m0/s1. The third-order valence-electron chi connectivity index (χ3n) is 5.31. The third kappa shape index (κ3) is 2.73. The van der Waals surface area contributed by atoms with Crippen LogP contribution in [0.3, 0.4) is 0 Å². The van der Waals surface area contributed by atoms with Gasteiger partial charge in [0.1, 0.15) is 0 Å². The summed E-state index contributed by atoms with van der Waals surface area (Å²) in [5.41, 5.74) is 1.02. The van der Waals surface area contributed by atoms with Crippen molar-refractivity contribution < 1.29 is 5.11 Å². The van der Waals surface area contributed by atoms with Crippen molar-refractivity contribution in [2.75, 3.05) is 24.7 Å². The maximum atomic E-state index is 8.74. The van der Waals surface area contributed by atoms with E-state index >= 15 is 0 Å².